The average Bonchev–Trinajstić information content (AvgIpc) is 2.96. The van der Waals surface area contributed by atoms with Crippen LogP contribution in [0.3, 0.4) is 0 Å². The quantitative estimate of drug-likeness (QED) is 0.867. The minimum atomic E-state index is -0.271. The molecule has 3 rings (SSSR count). The molecule has 0 bridgehead atoms. The molecule has 2 aromatic rings. The fraction of sp³-hybridized carbons (Fsp3) is 0.333. The maximum absolute atomic E-state index is 12.9. The molecule has 0 fully saturated rings. The summed E-state index contributed by atoms with van der Waals surface area (Å²) in [6.45, 7) is 5.95. The Balaban J connectivity index is 1.56. The molecule has 0 aromatic heterocycles. The van der Waals surface area contributed by atoms with E-state index in [-0.39, 0.29) is 28.9 Å². The van der Waals surface area contributed by atoms with Gasteiger partial charge in [-0.3, -0.25) is 9.59 Å². The zero-order valence-electron chi connectivity index (χ0n) is 15.4. The number of hydrogen-bond donors (Lipinski definition) is 1. The zero-order valence-corrected chi connectivity index (χ0v) is 16.2. The van der Waals surface area contributed by atoms with Gasteiger partial charge < -0.3 is 10.2 Å². The number of carbonyl (C=O) groups excluding carboxylic acids is 2. The highest BCUT2D eigenvalue weighted by atomic mass is 32.2. The van der Waals surface area contributed by atoms with Crippen molar-refractivity contribution in [1.82, 2.24) is 0 Å². The van der Waals surface area contributed by atoms with Crippen LogP contribution in [0.25, 0.3) is 0 Å². The van der Waals surface area contributed by atoms with Crippen molar-refractivity contribution < 1.29 is 9.59 Å². The van der Waals surface area contributed by atoms with Crippen LogP contribution in [0.4, 0.5) is 11.4 Å². The van der Waals surface area contributed by atoms with Gasteiger partial charge in [0.05, 0.1) is 11.0 Å². The van der Waals surface area contributed by atoms with Crippen LogP contribution >= 0.6 is 11.8 Å². The van der Waals surface area contributed by atoms with Crippen molar-refractivity contribution in [2.45, 2.75) is 38.5 Å². The van der Waals surface area contributed by atoms with Gasteiger partial charge >= 0.3 is 0 Å². The first kappa shape index (κ1) is 18.5. The third-order valence-corrected chi connectivity index (χ3v) is 5.72. The minimum Gasteiger partial charge on any atom is -0.325 e. The predicted molar refractivity (Wildman–Crippen MR) is 109 cm³/mol. The number of nitrogens with zero attached hydrogens (tertiary/aromatic N) is 1. The maximum atomic E-state index is 12.9. The Morgan fingerprint density at radius 2 is 1.88 bits per heavy atom. The molecule has 2 atom stereocenters. The van der Waals surface area contributed by atoms with Gasteiger partial charge in [-0.25, -0.2) is 0 Å². The van der Waals surface area contributed by atoms with Gasteiger partial charge in [0.15, 0.2) is 0 Å². The summed E-state index contributed by atoms with van der Waals surface area (Å²) in [4.78, 5) is 26.9. The van der Waals surface area contributed by atoms with Gasteiger partial charge in [-0.05, 0) is 51.0 Å². The minimum absolute atomic E-state index is 0.0654. The molecule has 26 heavy (non-hydrogen) atoms. The molecule has 5 heteroatoms. The Kier molecular flexibility index (Phi) is 5.67. The van der Waals surface area contributed by atoms with Gasteiger partial charge in [0.25, 0.3) is 0 Å². The van der Waals surface area contributed by atoms with E-state index in [1.165, 1.54) is 17.3 Å². The second kappa shape index (κ2) is 7.96. The molecular formula is C21H24N2O2S. The van der Waals surface area contributed by atoms with E-state index < -0.39 is 0 Å². The van der Waals surface area contributed by atoms with E-state index in [4.69, 9.17) is 0 Å². The Hall–Kier alpha value is -2.27. The summed E-state index contributed by atoms with van der Waals surface area (Å²) >= 11 is 1.38. The van der Waals surface area contributed by atoms with E-state index in [1.54, 1.807) is 0 Å². The smallest absolute Gasteiger partial charge is 0.240 e. The molecule has 1 N–H and O–H groups in total. The number of rotatable bonds is 5. The van der Waals surface area contributed by atoms with Crippen molar-refractivity contribution in [1.29, 1.82) is 0 Å². The molecular weight excluding hydrogens is 344 g/mol. The zero-order chi connectivity index (χ0) is 18.7. The van der Waals surface area contributed by atoms with Crippen molar-refractivity contribution in [2.24, 2.45) is 0 Å². The van der Waals surface area contributed by atoms with Gasteiger partial charge in [0.2, 0.25) is 11.8 Å². The number of hydrogen-bond acceptors (Lipinski definition) is 3. The molecule has 136 valence electrons. The van der Waals surface area contributed by atoms with Crippen molar-refractivity contribution in [3.05, 3.63) is 59.7 Å². The summed E-state index contributed by atoms with van der Waals surface area (Å²) in [6, 6.07) is 15.9. The molecule has 0 aliphatic carbocycles. The van der Waals surface area contributed by atoms with Gasteiger partial charge in [-0.1, -0.05) is 35.9 Å². The predicted octanol–water partition coefficient (Wildman–Crippen LogP) is 4.03. The summed E-state index contributed by atoms with van der Waals surface area (Å²) in [6.07, 6.45) is 0.882. The topological polar surface area (TPSA) is 49.4 Å². The lowest BCUT2D eigenvalue weighted by atomic mass is 10.1. The van der Waals surface area contributed by atoms with E-state index in [0.29, 0.717) is 0 Å². The molecule has 1 aliphatic rings. The number of amides is 2. The molecule has 2 amide bonds. The average molecular weight is 369 g/mol. The Bertz CT molecular complexity index is 804. The highest BCUT2D eigenvalue weighted by molar-refractivity contribution is 8.01. The number of fused-ring (bicyclic) bond motifs is 1. The summed E-state index contributed by atoms with van der Waals surface area (Å²) in [7, 11) is 0. The number of thioether (sulfide) groups is 1. The monoisotopic (exact) mass is 368 g/mol. The first-order valence-electron chi connectivity index (χ1n) is 8.85. The molecule has 1 heterocycles. The van der Waals surface area contributed by atoms with E-state index >= 15 is 0 Å². The SMILES string of the molecule is Cc1ccc(NC(=O)CSC(C)C(=O)N2c3ccccc3CC2C)cc1. The highest BCUT2D eigenvalue weighted by Crippen LogP contribution is 2.33. The molecule has 0 saturated carbocycles. The third kappa shape index (κ3) is 4.10. The van der Waals surface area contributed by atoms with Gasteiger partial charge in [0, 0.05) is 17.4 Å². The lowest BCUT2D eigenvalue weighted by Gasteiger charge is -2.25. The molecule has 2 unspecified atom stereocenters. The standard InChI is InChI=1S/C21H24N2O2S/c1-14-8-10-18(11-9-14)22-20(24)13-26-16(3)21(25)23-15(2)12-17-6-4-5-7-19(17)23/h4-11,15-16H,12-13H2,1-3H3,(H,22,24). The Labute approximate surface area is 159 Å². The highest BCUT2D eigenvalue weighted by Gasteiger charge is 2.33. The van der Waals surface area contributed by atoms with E-state index in [2.05, 4.69) is 18.3 Å². The maximum Gasteiger partial charge on any atom is 0.240 e. The second-order valence-corrected chi connectivity index (χ2v) is 8.09. The lowest BCUT2D eigenvalue weighted by Crippen LogP contribution is -2.40. The van der Waals surface area contributed by atoms with Crippen LogP contribution < -0.4 is 10.2 Å². The van der Waals surface area contributed by atoms with Crippen LogP contribution in [0, 0.1) is 6.92 Å². The van der Waals surface area contributed by atoms with Gasteiger partial charge in [-0.2, -0.15) is 0 Å². The van der Waals surface area contributed by atoms with Gasteiger partial charge in [-0.15, -0.1) is 11.8 Å². The van der Waals surface area contributed by atoms with Crippen LogP contribution in [-0.2, 0) is 16.0 Å². The summed E-state index contributed by atoms with van der Waals surface area (Å²) in [5, 5.41) is 2.60. The molecule has 2 aromatic carbocycles. The van der Waals surface area contributed by atoms with E-state index in [1.807, 2.05) is 61.2 Å². The van der Waals surface area contributed by atoms with Crippen LogP contribution in [0.1, 0.15) is 25.0 Å². The largest absolute Gasteiger partial charge is 0.325 e. The van der Waals surface area contributed by atoms with Crippen molar-refractivity contribution in [3.63, 3.8) is 0 Å². The van der Waals surface area contributed by atoms with Crippen molar-refractivity contribution in [2.75, 3.05) is 16.0 Å². The first-order chi connectivity index (χ1) is 12.5. The summed E-state index contributed by atoms with van der Waals surface area (Å²) in [5.41, 5.74) is 4.14. The number of carbonyl (C=O) groups is 2. The summed E-state index contributed by atoms with van der Waals surface area (Å²) in [5.74, 6) is 0.231. The summed E-state index contributed by atoms with van der Waals surface area (Å²) < 4.78 is 0. The van der Waals surface area contributed by atoms with Crippen LogP contribution in [0.2, 0.25) is 0 Å². The lowest BCUT2D eigenvalue weighted by molar-refractivity contribution is -0.118. The van der Waals surface area contributed by atoms with Crippen LogP contribution in [-0.4, -0.2) is 28.9 Å². The number of anilines is 2. The Morgan fingerprint density at radius 1 is 1.19 bits per heavy atom. The van der Waals surface area contributed by atoms with Crippen molar-refractivity contribution >= 4 is 35.0 Å². The van der Waals surface area contributed by atoms with Crippen LogP contribution in [0.15, 0.2) is 48.5 Å². The molecule has 1 aliphatic heterocycles. The molecule has 0 spiro atoms. The Morgan fingerprint density at radius 3 is 2.62 bits per heavy atom. The fourth-order valence-electron chi connectivity index (χ4n) is 3.20. The number of nitrogens with one attached hydrogen (secondary N) is 1. The van der Waals surface area contributed by atoms with Gasteiger partial charge in [0.1, 0.15) is 0 Å². The second-order valence-electron chi connectivity index (χ2n) is 6.76. The van der Waals surface area contributed by atoms with E-state index in [9.17, 15) is 9.59 Å². The van der Waals surface area contributed by atoms with E-state index in [0.717, 1.165) is 23.4 Å². The first-order valence-corrected chi connectivity index (χ1v) is 9.89. The van der Waals surface area contributed by atoms with Crippen LogP contribution in [0.5, 0.6) is 0 Å². The normalized spacial score (nSPS) is 16.9. The number of aryl methyl sites for hydroxylation is 1. The molecule has 0 radical (unpaired) electrons. The molecule has 4 nitrogen and oxygen atoms in total. The molecule has 0 saturated heterocycles. The number of para-hydroxylation sites is 1. The number of benzene rings is 2. The fourth-order valence-corrected chi connectivity index (χ4v) is 3.93. The van der Waals surface area contributed by atoms with Crippen molar-refractivity contribution in [3.8, 4) is 0 Å². The third-order valence-electron chi connectivity index (χ3n) is 4.59.